The van der Waals surface area contributed by atoms with Gasteiger partial charge in [0, 0.05) is 38.4 Å². The first-order valence-electron chi connectivity index (χ1n) is 10.6. The third-order valence-electron chi connectivity index (χ3n) is 5.81. The number of benzene rings is 1. The summed E-state index contributed by atoms with van der Waals surface area (Å²) in [5.41, 5.74) is -1.73. The Morgan fingerprint density at radius 1 is 1.29 bits per heavy atom. The molecule has 0 aromatic heterocycles. The number of aliphatic hydroxyl groups is 1. The van der Waals surface area contributed by atoms with Gasteiger partial charge >= 0.3 is 0 Å². The molecule has 3 rings (SSSR count). The molecule has 9 nitrogen and oxygen atoms in total. The lowest BCUT2D eigenvalue weighted by molar-refractivity contribution is -0.138. The van der Waals surface area contributed by atoms with Gasteiger partial charge < -0.3 is 29.5 Å². The standard InChI is InChI=1S/C23H26F2N2O7/c1-14-19(28)20(29)17(21(30)26-10-15-3-4-16(24)9-18(15)25)11-34-13-23(5-7-33-12-23)27(22(14)31)6-8-32-2/h3-4,9,11,28H,5-8,10,12-13H2,1-2H3,(H,26,30)/b17-11+,19-14-. The van der Waals surface area contributed by atoms with Crippen molar-refractivity contribution in [2.45, 2.75) is 25.4 Å². The molecule has 1 aromatic rings. The number of allylic oxidation sites excluding steroid dienone is 1. The monoisotopic (exact) mass is 480 g/mol. The van der Waals surface area contributed by atoms with Crippen molar-refractivity contribution in [3.05, 3.63) is 58.6 Å². The molecule has 0 radical (unpaired) electrons. The van der Waals surface area contributed by atoms with Gasteiger partial charge in [0.05, 0.1) is 25.0 Å². The van der Waals surface area contributed by atoms with Crippen LogP contribution >= 0.6 is 0 Å². The van der Waals surface area contributed by atoms with Crippen LogP contribution in [0.5, 0.6) is 0 Å². The summed E-state index contributed by atoms with van der Waals surface area (Å²) < 4.78 is 43.2. The lowest BCUT2D eigenvalue weighted by Crippen LogP contribution is -2.57. The minimum Gasteiger partial charge on any atom is -0.504 e. The molecular formula is C23H26F2N2O7. The fourth-order valence-corrected chi connectivity index (χ4v) is 3.77. The number of ketones is 1. The molecule has 0 bridgehead atoms. The third kappa shape index (κ3) is 5.26. The highest BCUT2D eigenvalue weighted by atomic mass is 19.1. The van der Waals surface area contributed by atoms with Crippen molar-refractivity contribution >= 4 is 17.6 Å². The molecule has 1 saturated heterocycles. The summed E-state index contributed by atoms with van der Waals surface area (Å²) in [6, 6.07) is 2.85. The van der Waals surface area contributed by atoms with Gasteiger partial charge in [-0.25, -0.2) is 8.78 Å². The first-order valence-corrected chi connectivity index (χ1v) is 10.6. The van der Waals surface area contributed by atoms with E-state index in [0.717, 1.165) is 18.4 Å². The van der Waals surface area contributed by atoms with Gasteiger partial charge in [0.1, 0.15) is 29.4 Å². The fraction of sp³-hybridized carbons (Fsp3) is 0.435. The van der Waals surface area contributed by atoms with E-state index in [9.17, 15) is 28.3 Å². The van der Waals surface area contributed by atoms with Gasteiger partial charge in [0.25, 0.3) is 11.8 Å². The van der Waals surface area contributed by atoms with E-state index in [0.29, 0.717) is 19.1 Å². The fourth-order valence-electron chi connectivity index (χ4n) is 3.77. The Morgan fingerprint density at radius 3 is 2.71 bits per heavy atom. The van der Waals surface area contributed by atoms with E-state index in [2.05, 4.69) is 5.32 Å². The number of Topliss-reactive ketones (excluding diaryl/α,β-unsaturated/α-hetero) is 1. The Bertz CT molecular complexity index is 1030. The largest absolute Gasteiger partial charge is 0.504 e. The summed E-state index contributed by atoms with van der Waals surface area (Å²) in [5, 5.41) is 12.9. The van der Waals surface area contributed by atoms with Crippen molar-refractivity contribution in [2.24, 2.45) is 0 Å². The summed E-state index contributed by atoms with van der Waals surface area (Å²) in [4.78, 5) is 40.3. The summed E-state index contributed by atoms with van der Waals surface area (Å²) in [6.45, 7) is 1.76. The van der Waals surface area contributed by atoms with E-state index in [1.54, 1.807) is 0 Å². The van der Waals surface area contributed by atoms with Crippen LogP contribution in [0.25, 0.3) is 0 Å². The number of hydrogen-bond acceptors (Lipinski definition) is 7. The van der Waals surface area contributed by atoms with Crippen LogP contribution < -0.4 is 5.32 Å². The number of rotatable bonds is 6. The molecule has 34 heavy (non-hydrogen) atoms. The number of halogens is 2. The van der Waals surface area contributed by atoms with Gasteiger partial charge in [0.15, 0.2) is 5.76 Å². The van der Waals surface area contributed by atoms with Crippen molar-refractivity contribution in [2.75, 3.05) is 40.1 Å². The maximum atomic E-state index is 13.9. The number of aliphatic hydroxyl groups excluding tert-OH is 1. The van der Waals surface area contributed by atoms with Crippen molar-refractivity contribution in [1.29, 1.82) is 0 Å². The molecule has 1 fully saturated rings. The lowest BCUT2D eigenvalue weighted by Gasteiger charge is -2.40. The van der Waals surface area contributed by atoms with E-state index in [4.69, 9.17) is 14.2 Å². The Kier molecular flexibility index (Phi) is 8.00. The van der Waals surface area contributed by atoms with E-state index in [1.165, 1.54) is 18.9 Å². The molecule has 2 N–H and O–H groups in total. The zero-order valence-corrected chi connectivity index (χ0v) is 18.9. The van der Waals surface area contributed by atoms with Gasteiger partial charge in [-0.15, -0.1) is 0 Å². The number of nitrogens with zero attached hydrogens (tertiary/aromatic N) is 1. The number of carbonyl (C=O) groups is 3. The summed E-state index contributed by atoms with van der Waals surface area (Å²) in [5.74, 6) is -5.27. The SMILES string of the molecule is COCCN1C(=O)/C(C)=C(\O)C(=O)/C(C(=O)NCc2ccc(F)cc2F)=C\OCC12CCOC2. The molecule has 2 heterocycles. The van der Waals surface area contributed by atoms with Crippen molar-refractivity contribution < 1.29 is 42.5 Å². The van der Waals surface area contributed by atoms with Gasteiger partial charge in [-0.2, -0.15) is 0 Å². The molecule has 0 saturated carbocycles. The topological polar surface area (TPSA) is 114 Å². The van der Waals surface area contributed by atoms with Crippen molar-refractivity contribution in [3.63, 3.8) is 0 Å². The zero-order valence-electron chi connectivity index (χ0n) is 18.9. The second-order valence-electron chi connectivity index (χ2n) is 8.04. The minimum atomic E-state index is -1.13. The molecule has 1 unspecified atom stereocenters. The molecule has 0 aliphatic carbocycles. The van der Waals surface area contributed by atoms with E-state index in [-0.39, 0.29) is 44.0 Å². The molecule has 2 aliphatic heterocycles. The van der Waals surface area contributed by atoms with Crippen LogP contribution in [0.3, 0.4) is 0 Å². The first kappa shape index (κ1) is 25.3. The van der Waals surface area contributed by atoms with Crippen LogP contribution in [0.15, 0.2) is 41.4 Å². The van der Waals surface area contributed by atoms with Crippen LogP contribution in [0.1, 0.15) is 18.9 Å². The average Bonchev–Trinajstić information content (AvgIpc) is 3.29. The molecule has 1 aromatic carbocycles. The number of methoxy groups -OCH3 is 1. The van der Waals surface area contributed by atoms with Crippen molar-refractivity contribution in [1.82, 2.24) is 10.2 Å². The highest BCUT2D eigenvalue weighted by Gasteiger charge is 2.45. The number of hydrogen-bond donors (Lipinski definition) is 2. The maximum absolute atomic E-state index is 13.9. The number of nitrogens with one attached hydrogen (secondary N) is 1. The Balaban J connectivity index is 1.89. The summed E-state index contributed by atoms with van der Waals surface area (Å²) >= 11 is 0. The maximum Gasteiger partial charge on any atom is 0.258 e. The minimum absolute atomic E-state index is 0.00875. The average molecular weight is 480 g/mol. The van der Waals surface area contributed by atoms with Crippen LogP contribution in [-0.4, -0.2) is 73.2 Å². The number of carbonyl (C=O) groups excluding carboxylic acids is 3. The molecule has 1 spiro atoms. The van der Waals surface area contributed by atoms with E-state index in [1.807, 2.05) is 0 Å². The summed E-state index contributed by atoms with van der Waals surface area (Å²) in [7, 11) is 1.48. The first-order chi connectivity index (χ1) is 16.2. The normalized spacial score (nSPS) is 25.2. The third-order valence-corrected chi connectivity index (χ3v) is 5.81. The Hall–Kier alpha value is -3.31. The van der Waals surface area contributed by atoms with Crippen molar-refractivity contribution in [3.8, 4) is 0 Å². The smallest absolute Gasteiger partial charge is 0.258 e. The Morgan fingerprint density at radius 2 is 2.06 bits per heavy atom. The second kappa shape index (κ2) is 10.7. The number of ether oxygens (including phenoxy) is 3. The molecule has 2 aliphatic rings. The van der Waals surface area contributed by atoms with Gasteiger partial charge in [-0.3, -0.25) is 14.4 Å². The van der Waals surface area contributed by atoms with Gasteiger partial charge in [-0.05, 0) is 19.4 Å². The molecule has 184 valence electrons. The highest BCUT2D eigenvalue weighted by Crippen LogP contribution is 2.30. The predicted octanol–water partition coefficient (Wildman–Crippen LogP) is 1.53. The van der Waals surface area contributed by atoms with Crippen LogP contribution in [0.2, 0.25) is 0 Å². The summed E-state index contributed by atoms with van der Waals surface area (Å²) in [6.07, 6.45) is 1.34. The lowest BCUT2D eigenvalue weighted by atomic mass is 9.95. The second-order valence-corrected chi connectivity index (χ2v) is 8.04. The molecule has 11 heteroatoms. The highest BCUT2D eigenvalue weighted by molar-refractivity contribution is 6.25. The van der Waals surface area contributed by atoms with Crippen LogP contribution in [0, 0.1) is 11.6 Å². The zero-order chi connectivity index (χ0) is 24.9. The predicted molar refractivity (Wildman–Crippen MR) is 114 cm³/mol. The number of amides is 2. The van der Waals surface area contributed by atoms with Crippen LogP contribution in [0.4, 0.5) is 8.78 Å². The Labute approximate surface area is 195 Å². The quantitative estimate of drug-likeness (QED) is 0.594. The van der Waals surface area contributed by atoms with Gasteiger partial charge in [-0.1, -0.05) is 6.07 Å². The molecular weight excluding hydrogens is 454 g/mol. The molecule has 2 amide bonds. The van der Waals surface area contributed by atoms with Crippen LogP contribution in [-0.2, 0) is 35.1 Å². The van der Waals surface area contributed by atoms with Gasteiger partial charge in [0.2, 0.25) is 5.78 Å². The van der Waals surface area contributed by atoms with E-state index >= 15 is 0 Å². The molecule has 1 atom stereocenters. The van der Waals surface area contributed by atoms with E-state index < -0.39 is 46.1 Å².